The molecule has 1 aromatic heterocycles. The van der Waals surface area contributed by atoms with Crippen LogP contribution in [0.3, 0.4) is 0 Å². The summed E-state index contributed by atoms with van der Waals surface area (Å²) in [6.07, 6.45) is 7.31. The number of hydrogen-bond acceptors (Lipinski definition) is 3. The van der Waals surface area contributed by atoms with Gasteiger partial charge in [-0.25, -0.2) is 4.98 Å². The van der Waals surface area contributed by atoms with Gasteiger partial charge in [-0.15, -0.1) is 0 Å². The van der Waals surface area contributed by atoms with Gasteiger partial charge in [0.1, 0.15) is 5.82 Å². The smallest absolute Gasteiger partial charge is 0.128 e. The highest BCUT2D eigenvalue weighted by Gasteiger charge is 2.22. The standard InChI is InChI=1S/C14H21N3/c1-11-3-2-8-17(11)14-7-4-12(10-16-14)9-15-13-5-6-13/h4,7,10-11,13,15H,2-3,5-6,8-9H2,1H3. The Hall–Kier alpha value is -1.09. The molecule has 0 bridgehead atoms. The Labute approximate surface area is 103 Å². The monoisotopic (exact) mass is 231 g/mol. The van der Waals surface area contributed by atoms with Gasteiger partial charge >= 0.3 is 0 Å². The molecule has 1 atom stereocenters. The zero-order chi connectivity index (χ0) is 11.7. The van der Waals surface area contributed by atoms with Gasteiger partial charge in [-0.05, 0) is 44.2 Å². The van der Waals surface area contributed by atoms with Gasteiger partial charge in [0.15, 0.2) is 0 Å². The molecule has 1 N–H and O–H groups in total. The summed E-state index contributed by atoms with van der Waals surface area (Å²) in [6.45, 7) is 4.42. The van der Waals surface area contributed by atoms with E-state index in [0.717, 1.165) is 24.9 Å². The topological polar surface area (TPSA) is 28.2 Å². The van der Waals surface area contributed by atoms with Crippen LogP contribution in [0.25, 0.3) is 0 Å². The summed E-state index contributed by atoms with van der Waals surface area (Å²) in [5, 5.41) is 3.52. The summed E-state index contributed by atoms with van der Waals surface area (Å²) in [5.41, 5.74) is 1.30. The summed E-state index contributed by atoms with van der Waals surface area (Å²) in [6, 6.07) is 5.81. The lowest BCUT2D eigenvalue weighted by atomic mass is 10.2. The van der Waals surface area contributed by atoms with Gasteiger partial charge in [0.05, 0.1) is 0 Å². The highest BCUT2D eigenvalue weighted by molar-refractivity contribution is 5.41. The molecule has 2 aliphatic rings. The van der Waals surface area contributed by atoms with Crippen LogP contribution in [0.2, 0.25) is 0 Å². The third-order valence-electron chi connectivity index (χ3n) is 3.83. The predicted octanol–water partition coefficient (Wildman–Crippen LogP) is 2.32. The Bertz CT molecular complexity index is 370. The molecule has 17 heavy (non-hydrogen) atoms. The first-order valence-electron chi connectivity index (χ1n) is 6.78. The van der Waals surface area contributed by atoms with Crippen LogP contribution in [0, 0.1) is 0 Å². The first-order valence-corrected chi connectivity index (χ1v) is 6.78. The molecule has 3 heteroatoms. The molecule has 1 saturated carbocycles. The van der Waals surface area contributed by atoms with E-state index in [1.807, 2.05) is 6.20 Å². The van der Waals surface area contributed by atoms with Crippen molar-refractivity contribution in [3.63, 3.8) is 0 Å². The van der Waals surface area contributed by atoms with Crippen LogP contribution in [0.15, 0.2) is 18.3 Å². The molecule has 0 spiro atoms. The third-order valence-corrected chi connectivity index (χ3v) is 3.83. The minimum atomic E-state index is 0.651. The van der Waals surface area contributed by atoms with Crippen molar-refractivity contribution in [2.75, 3.05) is 11.4 Å². The highest BCUT2D eigenvalue weighted by atomic mass is 15.2. The predicted molar refractivity (Wildman–Crippen MR) is 70.1 cm³/mol. The fourth-order valence-electron chi connectivity index (χ4n) is 2.51. The van der Waals surface area contributed by atoms with E-state index in [-0.39, 0.29) is 0 Å². The minimum absolute atomic E-state index is 0.651. The van der Waals surface area contributed by atoms with Gasteiger partial charge in [-0.1, -0.05) is 6.07 Å². The molecule has 1 aliphatic carbocycles. The summed E-state index contributed by atoms with van der Waals surface area (Å²) in [4.78, 5) is 7.01. The van der Waals surface area contributed by atoms with Crippen molar-refractivity contribution in [2.45, 2.75) is 51.2 Å². The van der Waals surface area contributed by atoms with Crippen LogP contribution in [0.1, 0.15) is 38.2 Å². The molecular weight excluding hydrogens is 210 g/mol. The van der Waals surface area contributed by atoms with Gasteiger partial charge < -0.3 is 10.2 Å². The van der Waals surface area contributed by atoms with Crippen LogP contribution in [-0.2, 0) is 6.54 Å². The molecule has 0 aromatic carbocycles. The summed E-state index contributed by atoms with van der Waals surface area (Å²) < 4.78 is 0. The molecule has 3 nitrogen and oxygen atoms in total. The summed E-state index contributed by atoms with van der Waals surface area (Å²) >= 11 is 0. The Kier molecular flexibility index (Phi) is 3.02. The van der Waals surface area contributed by atoms with Crippen molar-refractivity contribution in [1.82, 2.24) is 10.3 Å². The number of nitrogens with one attached hydrogen (secondary N) is 1. The van der Waals surface area contributed by atoms with Crippen molar-refractivity contribution in [3.8, 4) is 0 Å². The molecule has 1 aliphatic heterocycles. The van der Waals surface area contributed by atoms with Gasteiger partial charge in [0.2, 0.25) is 0 Å². The molecule has 1 aromatic rings. The van der Waals surface area contributed by atoms with E-state index in [4.69, 9.17) is 0 Å². The number of hydrogen-bond donors (Lipinski definition) is 1. The molecule has 92 valence electrons. The Balaban J connectivity index is 1.62. The number of aromatic nitrogens is 1. The zero-order valence-electron chi connectivity index (χ0n) is 10.5. The van der Waals surface area contributed by atoms with Crippen LogP contribution < -0.4 is 10.2 Å². The van der Waals surface area contributed by atoms with Crippen LogP contribution in [0.5, 0.6) is 0 Å². The van der Waals surface area contributed by atoms with E-state index in [2.05, 4.69) is 34.3 Å². The van der Waals surface area contributed by atoms with E-state index in [1.165, 1.54) is 31.2 Å². The second kappa shape index (κ2) is 4.65. The lowest BCUT2D eigenvalue weighted by Gasteiger charge is -2.22. The first-order chi connectivity index (χ1) is 8.33. The van der Waals surface area contributed by atoms with Crippen molar-refractivity contribution < 1.29 is 0 Å². The maximum atomic E-state index is 4.60. The van der Waals surface area contributed by atoms with E-state index < -0.39 is 0 Å². The van der Waals surface area contributed by atoms with E-state index in [1.54, 1.807) is 0 Å². The maximum absolute atomic E-state index is 4.60. The number of nitrogens with zero attached hydrogens (tertiary/aromatic N) is 2. The first kappa shape index (κ1) is 11.0. The second-order valence-electron chi connectivity index (χ2n) is 5.36. The second-order valence-corrected chi connectivity index (χ2v) is 5.36. The third kappa shape index (κ3) is 2.60. The fraction of sp³-hybridized carbons (Fsp3) is 0.643. The minimum Gasteiger partial charge on any atom is -0.354 e. The SMILES string of the molecule is CC1CCCN1c1ccc(CNC2CC2)cn1. The molecule has 2 fully saturated rings. The molecule has 3 rings (SSSR count). The van der Waals surface area contributed by atoms with Crippen molar-refractivity contribution in [2.24, 2.45) is 0 Å². The molecule has 1 saturated heterocycles. The lowest BCUT2D eigenvalue weighted by Crippen LogP contribution is -2.27. The van der Waals surface area contributed by atoms with Crippen LogP contribution >= 0.6 is 0 Å². The van der Waals surface area contributed by atoms with E-state index >= 15 is 0 Å². The Morgan fingerprint density at radius 2 is 2.24 bits per heavy atom. The molecule has 2 heterocycles. The summed E-state index contributed by atoms with van der Waals surface area (Å²) in [7, 11) is 0. The Morgan fingerprint density at radius 1 is 1.35 bits per heavy atom. The van der Waals surface area contributed by atoms with Gasteiger partial charge in [0.25, 0.3) is 0 Å². The van der Waals surface area contributed by atoms with Gasteiger partial charge in [-0.3, -0.25) is 0 Å². The number of anilines is 1. The Morgan fingerprint density at radius 3 is 2.82 bits per heavy atom. The van der Waals surface area contributed by atoms with Gasteiger partial charge in [-0.2, -0.15) is 0 Å². The molecule has 0 amide bonds. The van der Waals surface area contributed by atoms with E-state index in [9.17, 15) is 0 Å². The zero-order valence-corrected chi connectivity index (χ0v) is 10.5. The summed E-state index contributed by atoms with van der Waals surface area (Å²) in [5.74, 6) is 1.14. The average Bonchev–Trinajstić information content (AvgIpc) is 3.09. The lowest BCUT2D eigenvalue weighted by molar-refractivity contribution is 0.684. The maximum Gasteiger partial charge on any atom is 0.128 e. The fourth-order valence-corrected chi connectivity index (χ4v) is 2.51. The normalized spacial score (nSPS) is 24.3. The molecular formula is C14H21N3. The van der Waals surface area contributed by atoms with Crippen LogP contribution in [-0.4, -0.2) is 23.6 Å². The number of rotatable bonds is 4. The largest absolute Gasteiger partial charge is 0.354 e. The number of pyridine rings is 1. The van der Waals surface area contributed by atoms with Crippen molar-refractivity contribution in [1.29, 1.82) is 0 Å². The average molecular weight is 231 g/mol. The quantitative estimate of drug-likeness (QED) is 0.862. The van der Waals surface area contributed by atoms with Crippen molar-refractivity contribution in [3.05, 3.63) is 23.9 Å². The van der Waals surface area contributed by atoms with Gasteiger partial charge in [0, 0.05) is 31.4 Å². The van der Waals surface area contributed by atoms with Crippen LogP contribution in [0.4, 0.5) is 5.82 Å². The molecule has 0 radical (unpaired) electrons. The molecule has 1 unspecified atom stereocenters. The highest BCUT2D eigenvalue weighted by Crippen LogP contribution is 2.23. The van der Waals surface area contributed by atoms with Crippen molar-refractivity contribution >= 4 is 5.82 Å². The van der Waals surface area contributed by atoms with E-state index in [0.29, 0.717) is 6.04 Å².